The number of carbonyl (C=O) groups excluding carboxylic acids is 1. The van der Waals surface area contributed by atoms with Gasteiger partial charge in [-0.1, -0.05) is 49.6 Å². The van der Waals surface area contributed by atoms with Crippen LogP contribution in [0.2, 0.25) is 0 Å². The first-order chi connectivity index (χ1) is 15.6. The van der Waals surface area contributed by atoms with Crippen LogP contribution >= 0.6 is 0 Å². The molecule has 0 spiro atoms. The van der Waals surface area contributed by atoms with Crippen LogP contribution < -0.4 is 0 Å². The predicted octanol–water partition coefficient (Wildman–Crippen LogP) is 4.94. The number of aliphatic hydroxyl groups excluding tert-OH is 1. The zero-order valence-electron chi connectivity index (χ0n) is 19.1. The van der Waals surface area contributed by atoms with E-state index in [1.165, 1.54) is 36.0 Å². The maximum Gasteiger partial charge on any atom is 0.225 e. The molecule has 2 unspecified atom stereocenters. The number of hydrogen-bond donors (Lipinski definition) is 1. The minimum atomic E-state index is -0.383. The second-order valence-electron chi connectivity index (χ2n) is 9.91. The van der Waals surface area contributed by atoms with Gasteiger partial charge in [-0.2, -0.15) is 0 Å². The van der Waals surface area contributed by atoms with Gasteiger partial charge in [0, 0.05) is 19.0 Å². The van der Waals surface area contributed by atoms with E-state index in [2.05, 4.69) is 45.6 Å². The first kappa shape index (κ1) is 21.4. The fraction of sp³-hybridized carbons (Fsp3) is 0.556. The van der Waals surface area contributed by atoms with Gasteiger partial charge in [0.2, 0.25) is 5.91 Å². The number of hydrogen-bond acceptors (Lipinski definition) is 3. The highest BCUT2D eigenvalue weighted by atomic mass is 16.3. The Labute approximate surface area is 191 Å². The minimum absolute atomic E-state index is 0.104. The first-order valence-corrected chi connectivity index (χ1v) is 12.4. The molecule has 5 rings (SSSR count). The molecule has 1 aromatic carbocycles. The maximum absolute atomic E-state index is 12.9. The largest absolute Gasteiger partial charge is 0.393 e. The van der Waals surface area contributed by atoms with Gasteiger partial charge in [0.25, 0.3) is 0 Å². The molecule has 1 saturated carbocycles. The summed E-state index contributed by atoms with van der Waals surface area (Å²) in [5.41, 5.74) is 4.92. The molecule has 2 fully saturated rings. The summed E-state index contributed by atoms with van der Waals surface area (Å²) in [7, 11) is 0. The molecule has 1 saturated heterocycles. The number of benzene rings is 1. The van der Waals surface area contributed by atoms with Crippen LogP contribution in [0.4, 0.5) is 0 Å². The number of likely N-dealkylation sites (tertiary alicyclic amines) is 1. The van der Waals surface area contributed by atoms with E-state index in [0.717, 1.165) is 44.5 Å². The summed E-state index contributed by atoms with van der Waals surface area (Å²) in [5, 5.41) is 11.3. The number of amides is 1. The third-order valence-corrected chi connectivity index (χ3v) is 8.02. The van der Waals surface area contributed by atoms with Gasteiger partial charge in [0.05, 0.1) is 30.4 Å². The fourth-order valence-electron chi connectivity index (χ4n) is 6.16. The number of piperidine rings is 1. The molecule has 5 heteroatoms. The number of aliphatic hydroxyl groups is 1. The minimum Gasteiger partial charge on any atom is -0.393 e. The molecule has 3 aliphatic rings. The summed E-state index contributed by atoms with van der Waals surface area (Å²) >= 11 is 0. The number of allylic oxidation sites excluding steroid dienone is 2. The summed E-state index contributed by atoms with van der Waals surface area (Å²) in [6.45, 7) is 3.74. The van der Waals surface area contributed by atoms with Crippen LogP contribution in [0.3, 0.4) is 0 Å². The van der Waals surface area contributed by atoms with E-state index in [1.54, 1.807) is 0 Å². The lowest BCUT2D eigenvalue weighted by Gasteiger charge is -2.37. The molecule has 2 aromatic rings. The van der Waals surface area contributed by atoms with Crippen molar-refractivity contribution in [3.8, 4) is 0 Å². The normalized spacial score (nSPS) is 23.4. The van der Waals surface area contributed by atoms with E-state index in [-0.39, 0.29) is 24.0 Å². The van der Waals surface area contributed by atoms with E-state index >= 15 is 0 Å². The molecule has 32 heavy (non-hydrogen) atoms. The van der Waals surface area contributed by atoms with Crippen LogP contribution in [-0.2, 0) is 4.79 Å². The third-order valence-electron chi connectivity index (χ3n) is 8.02. The highest BCUT2D eigenvalue weighted by Crippen LogP contribution is 2.45. The Hall–Kier alpha value is -2.40. The first-order valence-electron chi connectivity index (χ1n) is 12.4. The molecule has 2 aliphatic heterocycles. The van der Waals surface area contributed by atoms with Gasteiger partial charge in [-0.3, -0.25) is 4.79 Å². The second-order valence-corrected chi connectivity index (χ2v) is 9.91. The highest BCUT2D eigenvalue weighted by Gasteiger charge is 2.36. The third kappa shape index (κ3) is 4.03. The Balaban J connectivity index is 1.25. The van der Waals surface area contributed by atoms with Crippen LogP contribution in [0.15, 0.2) is 42.9 Å². The fourth-order valence-corrected chi connectivity index (χ4v) is 6.16. The maximum atomic E-state index is 12.9. The summed E-state index contributed by atoms with van der Waals surface area (Å²) in [6.07, 6.45) is 11.7. The van der Waals surface area contributed by atoms with Crippen LogP contribution in [0.25, 0.3) is 11.1 Å². The number of carbonyl (C=O) groups is 1. The van der Waals surface area contributed by atoms with Crippen LogP contribution in [0.1, 0.15) is 75.6 Å². The van der Waals surface area contributed by atoms with Crippen LogP contribution in [0.5, 0.6) is 0 Å². The average Bonchev–Trinajstić information content (AvgIpc) is 3.43. The van der Waals surface area contributed by atoms with E-state index in [0.29, 0.717) is 12.3 Å². The topological polar surface area (TPSA) is 58.4 Å². The Morgan fingerprint density at radius 1 is 1.09 bits per heavy atom. The highest BCUT2D eigenvalue weighted by molar-refractivity contribution is 5.93. The van der Waals surface area contributed by atoms with Gasteiger partial charge in [-0.25, -0.2) is 4.98 Å². The molecular weight excluding hydrogens is 398 g/mol. The van der Waals surface area contributed by atoms with Crippen molar-refractivity contribution in [1.82, 2.24) is 14.5 Å². The summed E-state index contributed by atoms with van der Waals surface area (Å²) in [6, 6.07) is 10.6. The molecule has 2 atom stereocenters. The zero-order valence-corrected chi connectivity index (χ0v) is 19.1. The smallest absolute Gasteiger partial charge is 0.225 e. The van der Waals surface area contributed by atoms with Crippen LogP contribution in [-0.4, -0.2) is 44.7 Å². The Bertz CT molecular complexity index is 966. The van der Waals surface area contributed by atoms with E-state index in [9.17, 15) is 9.90 Å². The number of aromatic nitrogens is 2. The Morgan fingerprint density at radius 3 is 2.53 bits per heavy atom. The van der Waals surface area contributed by atoms with E-state index in [4.69, 9.17) is 0 Å². The quantitative estimate of drug-likeness (QED) is 0.727. The van der Waals surface area contributed by atoms with Gasteiger partial charge in [0.15, 0.2) is 0 Å². The van der Waals surface area contributed by atoms with Crippen molar-refractivity contribution >= 4 is 17.1 Å². The summed E-state index contributed by atoms with van der Waals surface area (Å²) in [5.74, 6) is 0.849. The summed E-state index contributed by atoms with van der Waals surface area (Å²) < 4.78 is 2.22. The summed E-state index contributed by atoms with van der Waals surface area (Å²) in [4.78, 5) is 19.3. The second kappa shape index (κ2) is 9.22. The number of nitrogens with zero attached hydrogens (tertiary/aromatic N) is 3. The van der Waals surface area contributed by atoms with Gasteiger partial charge < -0.3 is 14.6 Å². The number of rotatable bonds is 5. The predicted molar refractivity (Wildman–Crippen MR) is 127 cm³/mol. The van der Waals surface area contributed by atoms with Crippen molar-refractivity contribution in [3.05, 3.63) is 54.1 Å². The monoisotopic (exact) mass is 433 g/mol. The number of imidazole rings is 1. The van der Waals surface area contributed by atoms with Gasteiger partial charge in [-0.15, -0.1) is 0 Å². The Kier molecular flexibility index (Phi) is 6.18. The van der Waals surface area contributed by atoms with Gasteiger partial charge >= 0.3 is 0 Å². The van der Waals surface area contributed by atoms with Crippen molar-refractivity contribution in [1.29, 1.82) is 0 Å². The lowest BCUT2D eigenvalue weighted by molar-refractivity contribution is -0.138. The molecule has 0 radical (unpaired) electrons. The molecule has 1 amide bonds. The van der Waals surface area contributed by atoms with Crippen LogP contribution in [0, 0.1) is 11.8 Å². The van der Waals surface area contributed by atoms with Crippen molar-refractivity contribution in [3.63, 3.8) is 0 Å². The zero-order chi connectivity index (χ0) is 22.1. The van der Waals surface area contributed by atoms with Crippen molar-refractivity contribution in [2.24, 2.45) is 11.8 Å². The van der Waals surface area contributed by atoms with Gasteiger partial charge in [0.1, 0.15) is 0 Å². The molecule has 1 aromatic heterocycles. The lowest BCUT2D eigenvalue weighted by atomic mass is 9.84. The molecule has 0 bridgehead atoms. The number of fused-ring (bicyclic) bond motifs is 1. The standard InChI is InChI=1S/C27H35N3O2/c1-19-24-17-28-18-30(24)23(26(19)21-8-4-2-5-9-21)16-25(31)20-12-14-29(15-13-20)27(32)22-10-6-3-7-11-22/h2,4-5,8-9,17-18,20,22-23,25,31H,3,6-7,10-16H2,1H3. The van der Waals surface area contributed by atoms with E-state index in [1.807, 2.05) is 18.6 Å². The average molecular weight is 434 g/mol. The van der Waals surface area contributed by atoms with Crippen molar-refractivity contribution in [2.75, 3.05) is 13.1 Å². The molecule has 3 heterocycles. The Morgan fingerprint density at radius 2 is 1.81 bits per heavy atom. The van der Waals surface area contributed by atoms with Gasteiger partial charge in [-0.05, 0) is 61.7 Å². The SMILES string of the molecule is CC1=C(c2ccccc2)C(CC(O)C2CCN(C(=O)C3CCCCC3)CC2)n2cncc21. The van der Waals surface area contributed by atoms with Crippen molar-refractivity contribution < 1.29 is 9.90 Å². The van der Waals surface area contributed by atoms with Crippen molar-refractivity contribution in [2.45, 2.75) is 70.4 Å². The molecule has 1 aliphatic carbocycles. The molecule has 1 N–H and O–H groups in total. The van der Waals surface area contributed by atoms with E-state index < -0.39 is 0 Å². The lowest BCUT2D eigenvalue weighted by Crippen LogP contribution is -2.44. The molecular formula is C27H35N3O2. The molecule has 170 valence electrons. The molecule has 5 nitrogen and oxygen atoms in total.